The van der Waals surface area contributed by atoms with E-state index < -0.39 is 46.7 Å². The van der Waals surface area contributed by atoms with Crippen LogP contribution in [0, 0.1) is 23.3 Å². The summed E-state index contributed by atoms with van der Waals surface area (Å²) in [7, 11) is 0. The van der Waals surface area contributed by atoms with Crippen molar-refractivity contribution in [3.05, 3.63) is 92.3 Å². The molecule has 1 aliphatic rings. The summed E-state index contributed by atoms with van der Waals surface area (Å²) in [6, 6.07) is 10.5. The summed E-state index contributed by atoms with van der Waals surface area (Å²) in [4.78, 5) is 38.3. The number of nitrogens with one attached hydrogen (secondary N) is 1. The average Bonchev–Trinajstić information content (AvgIpc) is 3.17. The summed E-state index contributed by atoms with van der Waals surface area (Å²) >= 11 is 4.01. The molecule has 208 valence electrons. The zero-order valence-corrected chi connectivity index (χ0v) is 23.0. The molecule has 1 aliphatic heterocycles. The van der Waals surface area contributed by atoms with Gasteiger partial charge in [-0.2, -0.15) is 0 Å². The van der Waals surface area contributed by atoms with E-state index in [9.17, 15) is 31.9 Å². The lowest BCUT2D eigenvalue weighted by atomic mass is 10.1. The highest BCUT2D eigenvalue weighted by molar-refractivity contribution is 9.10. The number of rotatable bonds is 9. The average molecular weight is 639 g/mol. The fourth-order valence-electron chi connectivity index (χ4n) is 3.55. The number of benzene rings is 3. The Labute approximate surface area is 238 Å². The molecule has 40 heavy (non-hydrogen) atoms. The Hall–Kier alpha value is -3.84. The minimum atomic E-state index is -1.77. The predicted molar refractivity (Wildman–Crippen MR) is 144 cm³/mol. The molecule has 0 bridgehead atoms. The lowest BCUT2D eigenvalue weighted by molar-refractivity contribution is -0.127. The molecule has 1 N–H and O–H groups in total. The van der Waals surface area contributed by atoms with E-state index in [0.717, 1.165) is 11.6 Å². The first-order chi connectivity index (χ1) is 19.1. The third-order valence-electron chi connectivity index (χ3n) is 5.41. The summed E-state index contributed by atoms with van der Waals surface area (Å²) < 4.78 is 65.6. The number of imide groups is 1. The number of thioether (sulfide) groups is 1. The molecule has 0 unspecified atom stereocenters. The lowest BCUT2D eigenvalue weighted by Gasteiger charge is -2.15. The molecule has 0 atom stereocenters. The summed E-state index contributed by atoms with van der Waals surface area (Å²) in [5, 5.41) is 1.27. The Balaban J connectivity index is 1.49. The van der Waals surface area contributed by atoms with Gasteiger partial charge >= 0.3 is 0 Å². The fourth-order valence-corrected chi connectivity index (χ4v) is 4.97. The molecule has 1 heterocycles. The standard InChI is InChI=1S/C27H19BrF4N2O5S/c1-2-38-20-10-15(9-17(28)25(20)39-13-14-3-5-16(29)6-4-14)11-21-26(36)34(27(37)40-21)12-22(35)33-19-8-7-18(30)23(31)24(19)32/h3-11H,2,12-13H2,1H3,(H,33,35)/b21-11-. The van der Waals surface area contributed by atoms with Crippen molar-refractivity contribution in [3.8, 4) is 11.5 Å². The first-order valence-electron chi connectivity index (χ1n) is 11.6. The molecule has 7 nitrogen and oxygen atoms in total. The van der Waals surface area contributed by atoms with Gasteiger partial charge in [-0.25, -0.2) is 17.6 Å². The molecule has 3 aromatic rings. The van der Waals surface area contributed by atoms with Gasteiger partial charge in [0.2, 0.25) is 5.91 Å². The molecular weight excluding hydrogens is 620 g/mol. The minimum absolute atomic E-state index is 0.00568. The van der Waals surface area contributed by atoms with Gasteiger partial charge in [0, 0.05) is 0 Å². The van der Waals surface area contributed by atoms with Crippen molar-refractivity contribution in [1.29, 1.82) is 0 Å². The van der Waals surface area contributed by atoms with Crippen LogP contribution in [0.5, 0.6) is 11.5 Å². The minimum Gasteiger partial charge on any atom is -0.490 e. The van der Waals surface area contributed by atoms with E-state index in [1.807, 2.05) is 5.32 Å². The van der Waals surface area contributed by atoms with Gasteiger partial charge in [0.25, 0.3) is 11.1 Å². The van der Waals surface area contributed by atoms with E-state index in [0.29, 0.717) is 50.9 Å². The molecule has 0 spiro atoms. The summed E-state index contributed by atoms with van der Waals surface area (Å²) in [5.74, 6) is -6.22. The van der Waals surface area contributed by atoms with Crippen LogP contribution in [0.2, 0.25) is 0 Å². The highest BCUT2D eigenvalue weighted by Gasteiger charge is 2.36. The van der Waals surface area contributed by atoms with Crippen molar-refractivity contribution in [2.24, 2.45) is 0 Å². The van der Waals surface area contributed by atoms with Crippen LogP contribution in [-0.2, 0) is 16.2 Å². The maximum absolute atomic E-state index is 13.9. The molecule has 3 aromatic carbocycles. The van der Waals surface area contributed by atoms with E-state index in [-0.39, 0.29) is 17.3 Å². The zero-order valence-electron chi connectivity index (χ0n) is 20.6. The lowest BCUT2D eigenvalue weighted by Crippen LogP contribution is -2.36. The second kappa shape index (κ2) is 12.6. The molecule has 1 fully saturated rings. The highest BCUT2D eigenvalue weighted by Crippen LogP contribution is 2.39. The van der Waals surface area contributed by atoms with Crippen LogP contribution in [0.3, 0.4) is 0 Å². The summed E-state index contributed by atoms with van der Waals surface area (Å²) in [6.45, 7) is 1.43. The highest BCUT2D eigenvalue weighted by atomic mass is 79.9. The van der Waals surface area contributed by atoms with Crippen molar-refractivity contribution >= 4 is 56.5 Å². The van der Waals surface area contributed by atoms with Crippen molar-refractivity contribution in [2.45, 2.75) is 13.5 Å². The topological polar surface area (TPSA) is 84.9 Å². The van der Waals surface area contributed by atoms with E-state index in [2.05, 4.69) is 15.9 Å². The normalized spacial score (nSPS) is 14.2. The number of hydrogen-bond donors (Lipinski definition) is 1. The number of ether oxygens (including phenoxy) is 2. The van der Waals surface area contributed by atoms with Crippen LogP contribution >= 0.6 is 27.7 Å². The summed E-state index contributed by atoms with van der Waals surface area (Å²) in [5.41, 5.74) is 0.564. The van der Waals surface area contributed by atoms with Crippen LogP contribution in [0.4, 0.5) is 28.0 Å². The number of nitrogens with zero attached hydrogens (tertiary/aromatic N) is 1. The predicted octanol–water partition coefficient (Wildman–Crippen LogP) is 6.66. The monoisotopic (exact) mass is 638 g/mol. The van der Waals surface area contributed by atoms with Gasteiger partial charge in [-0.3, -0.25) is 19.3 Å². The van der Waals surface area contributed by atoms with Gasteiger partial charge in [0.05, 0.1) is 21.7 Å². The maximum Gasteiger partial charge on any atom is 0.294 e. The maximum atomic E-state index is 13.9. The number of carbonyl (C=O) groups is 3. The van der Waals surface area contributed by atoms with Crippen LogP contribution in [0.25, 0.3) is 6.08 Å². The molecule has 1 saturated heterocycles. The van der Waals surface area contributed by atoms with Crippen molar-refractivity contribution in [3.63, 3.8) is 0 Å². The number of carbonyl (C=O) groups excluding carboxylic acids is 3. The molecule has 4 rings (SSSR count). The van der Waals surface area contributed by atoms with Gasteiger partial charge < -0.3 is 14.8 Å². The van der Waals surface area contributed by atoms with Crippen LogP contribution in [0.15, 0.2) is 57.9 Å². The van der Waals surface area contributed by atoms with Gasteiger partial charge in [-0.15, -0.1) is 0 Å². The Morgan fingerprint density at radius 3 is 2.45 bits per heavy atom. The van der Waals surface area contributed by atoms with Gasteiger partial charge in [-0.1, -0.05) is 12.1 Å². The van der Waals surface area contributed by atoms with Crippen molar-refractivity contribution < 1.29 is 41.4 Å². The second-order valence-electron chi connectivity index (χ2n) is 8.22. The largest absolute Gasteiger partial charge is 0.490 e. The smallest absolute Gasteiger partial charge is 0.294 e. The van der Waals surface area contributed by atoms with E-state index in [1.54, 1.807) is 31.2 Å². The molecule has 0 radical (unpaired) electrons. The van der Waals surface area contributed by atoms with Gasteiger partial charge in [0.1, 0.15) is 19.0 Å². The fraction of sp³-hybridized carbons (Fsp3) is 0.148. The van der Waals surface area contributed by atoms with E-state index in [1.165, 1.54) is 18.2 Å². The number of anilines is 1. The summed E-state index contributed by atoms with van der Waals surface area (Å²) in [6.07, 6.45) is 1.43. The van der Waals surface area contributed by atoms with Crippen molar-refractivity contribution in [1.82, 2.24) is 4.90 Å². The molecule has 0 saturated carbocycles. The molecule has 0 aliphatic carbocycles. The van der Waals surface area contributed by atoms with E-state index in [4.69, 9.17) is 9.47 Å². The molecule has 13 heteroatoms. The molecular formula is C27H19BrF4N2O5S. The molecule has 0 aromatic heterocycles. The third-order valence-corrected chi connectivity index (χ3v) is 6.91. The van der Waals surface area contributed by atoms with E-state index >= 15 is 0 Å². The van der Waals surface area contributed by atoms with Crippen LogP contribution in [-0.4, -0.2) is 35.1 Å². The number of hydrogen-bond acceptors (Lipinski definition) is 6. The number of halogens is 5. The third kappa shape index (κ3) is 6.65. The molecule has 3 amide bonds. The number of amides is 3. The van der Waals surface area contributed by atoms with Crippen molar-refractivity contribution in [2.75, 3.05) is 18.5 Å². The second-order valence-corrected chi connectivity index (χ2v) is 10.1. The Kier molecular flexibility index (Phi) is 9.15. The Morgan fingerprint density at radius 1 is 1.02 bits per heavy atom. The van der Waals surface area contributed by atoms with Crippen LogP contribution < -0.4 is 14.8 Å². The Morgan fingerprint density at radius 2 is 1.75 bits per heavy atom. The first-order valence-corrected chi connectivity index (χ1v) is 13.2. The van der Waals surface area contributed by atoms with Gasteiger partial charge in [-0.05, 0) is 88.2 Å². The first kappa shape index (κ1) is 29.2. The zero-order chi connectivity index (χ0) is 29.0. The Bertz CT molecular complexity index is 1520. The van der Waals surface area contributed by atoms with Crippen LogP contribution in [0.1, 0.15) is 18.1 Å². The van der Waals surface area contributed by atoms with Gasteiger partial charge in [0.15, 0.2) is 29.0 Å². The SMILES string of the molecule is CCOc1cc(/C=C2\SC(=O)N(CC(=O)Nc3ccc(F)c(F)c3F)C2=O)cc(Br)c1OCc1ccc(F)cc1. The quantitative estimate of drug-likeness (QED) is 0.160.